The molecular weight excluding hydrogens is 218 g/mol. The number of unbranched alkanes of at least 4 members (excludes halogenated alkanes) is 1. The summed E-state index contributed by atoms with van der Waals surface area (Å²) in [6.07, 6.45) is 2.29. The van der Waals surface area contributed by atoms with Gasteiger partial charge in [0.2, 0.25) is 0 Å². The van der Waals surface area contributed by atoms with Crippen molar-refractivity contribution in [3.63, 3.8) is 0 Å². The SMILES string of the molecule is BC(CCCC)(CNC(N)=O)C(=O)O.Cl. The second-order valence-corrected chi connectivity index (χ2v) is 3.69. The molecule has 88 valence electrons. The molecule has 0 fully saturated rings. The second-order valence-electron chi connectivity index (χ2n) is 3.69. The van der Waals surface area contributed by atoms with E-state index in [1.165, 1.54) is 0 Å². The molecule has 0 saturated carbocycles. The van der Waals surface area contributed by atoms with Gasteiger partial charge in [-0.2, -0.15) is 0 Å². The molecule has 0 aliphatic heterocycles. The van der Waals surface area contributed by atoms with Crippen molar-refractivity contribution in [1.82, 2.24) is 5.32 Å². The molecule has 2 amide bonds. The topological polar surface area (TPSA) is 92.4 Å². The van der Waals surface area contributed by atoms with E-state index < -0.39 is 17.3 Å². The Morgan fingerprint density at radius 1 is 1.53 bits per heavy atom. The Morgan fingerprint density at radius 3 is 2.40 bits per heavy atom. The number of rotatable bonds is 6. The fourth-order valence-corrected chi connectivity index (χ4v) is 1.12. The lowest BCUT2D eigenvalue weighted by atomic mass is 9.65. The summed E-state index contributed by atoms with van der Waals surface area (Å²) in [6, 6.07) is -0.686. The summed E-state index contributed by atoms with van der Waals surface area (Å²) < 4.78 is 0. The fourth-order valence-electron chi connectivity index (χ4n) is 1.12. The van der Waals surface area contributed by atoms with Gasteiger partial charge in [-0.15, -0.1) is 12.4 Å². The summed E-state index contributed by atoms with van der Waals surface area (Å²) in [5.41, 5.74) is 4.89. The number of hydrogen-bond donors (Lipinski definition) is 3. The highest BCUT2D eigenvalue weighted by Crippen LogP contribution is 2.27. The molecule has 4 N–H and O–H groups in total. The Kier molecular flexibility index (Phi) is 8.15. The predicted molar refractivity (Wildman–Crippen MR) is 63.2 cm³/mol. The summed E-state index contributed by atoms with van der Waals surface area (Å²) in [5, 5.41) is 10.4. The van der Waals surface area contributed by atoms with Crippen LogP contribution in [0.3, 0.4) is 0 Å². The summed E-state index contributed by atoms with van der Waals surface area (Å²) in [5.74, 6) is -0.903. The minimum Gasteiger partial charge on any atom is -0.481 e. The first-order valence-electron chi connectivity index (χ1n) is 4.69. The van der Waals surface area contributed by atoms with Crippen molar-refractivity contribution in [3.05, 3.63) is 0 Å². The zero-order valence-corrected chi connectivity index (χ0v) is 9.89. The molecule has 5 nitrogen and oxygen atoms in total. The van der Waals surface area contributed by atoms with E-state index in [9.17, 15) is 9.59 Å². The Bertz CT molecular complexity index is 228. The number of halogens is 1. The molecule has 0 heterocycles. The molecule has 0 bridgehead atoms. The average molecular weight is 237 g/mol. The molecular formula is C8H18BClN2O3. The van der Waals surface area contributed by atoms with Gasteiger partial charge in [0.15, 0.2) is 0 Å². The lowest BCUT2D eigenvalue weighted by Gasteiger charge is -2.24. The van der Waals surface area contributed by atoms with Crippen LogP contribution >= 0.6 is 12.4 Å². The molecule has 7 heteroatoms. The van der Waals surface area contributed by atoms with Crippen LogP contribution in [0.5, 0.6) is 0 Å². The van der Waals surface area contributed by atoms with E-state index >= 15 is 0 Å². The van der Waals surface area contributed by atoms with Gasteiger partial charge >= 0.3 is 12.0 Å². The van der Waals surface area contributed by atoms with E-state index in [-0.39, 0.29) is 19.0 Å². The number of carbonyl (C=O) groups is 2. The molecule has 0 aliphatic rings. The lowest BCUT2D eigenvalue weighted by Crippen LogP contribution is -2.40. The molecule has 15 heavy (non-hydrogen) atoms. The molecule has 0 rings (SSSR count). The highest BCUT2D eigenvalue weighted by molar-refractivity contribution is 6.27. The van der Waals surface area contributed by atoms with Crippen LogP contribution in [0.2, 0.25) is 5.31 Å². The number of carboxylic acids is 1. The van der Waals surface area contributed by atoms with Crippen LogP contribution in [0.25, 0.3) is 0 Å². The third-order valence-corrected chi connectivity index (χ3v) is 2.25. The molecule has 0 radical (unpaired) electrons. The maximum Gasteiger partial charge on any atom is 0.312 e. The van der Waals surface area contributed by atoms with Gasteiger partial charge in [0.05, 0.1) is 5.31 Å². The number of amides is 2. The van der Waals surface area contributed by atoms with E-state index in [1.807, 2.05) is 6.92 Å². The first-order valence-corrected chi connectivity index (χ1v) is 4.69. The summed E-state index contributed by atoms with van der Waals surface area (Å²) in [6.45, 7) is 2.07. The normalized spacial score (nSPS) is 13.4. The molecule has 0 aromatic carbocycles. The van der Waals surface area contributed by atoms with Crippen molar-refractivity contribution in [2.75, 3.05) is 6.54 Å². The minimum absolute atomic E-state index is 0. The van der Waals surface area contributed by atoms with E-state index in [0.29, 0.717) is 6.42 Å². The number of nitrogens with two attached hydrogens (primary N) is 1. The van der Waals surface area contributed by atoms with Crippen LogP contribution < -0.4 is 11.1 Å². The van der Waals surface area contributed by atoms with Crippen molar-refractivity contribution < 1.29 is 14.7 Å². The molecule has 0 aliphatic carbocycles. The maximum absolute atomic E-state index is 10.9. The lowest BCUT2D eigenvalue weighted by molar-refractivity contribution is -0.140. The largest absolute Gasteiger partial charge is 0.481 e. The predicted octanol–water partition coefficient (Wildman–Crippen LogP) is 0.143. The highest BCUT2D eigenvalue weighted by atomic mass is 35.5. The number of carboxylic acid groups (broad SMARTS) is 1. The molecule has 1 unspecified atom stereocenters. The monoisotopic (exact) mass is 236 g/mol. The van der Waals surface area contributed by atoms with Gasteiger partial charge in [-0.1, -0.05) is 19.8 Å². The van der Waals surface area contributed by atoms with E-state index in [0.717, 1.165) is 12.8 Å². The summed E-state index contributed by atoms with van der Waals surface area (Å²) >= 11 is 0. The molecule has 0 saturated heterocycles. The van der Waals surface area contributed by atoms with Crippen LogP contribution in [0.1, 0.15) is 26.2 Å². The van der Waals surface area contributed by atoms with Crippen molar-refractivity contribution in [3.8, 4) is 0 Å². The average Bonchev–Trinajstić information content (AvgIpc) is 2.11. The highest BCUT2D eigenvalue weighted by Gasteiger charge is 2.32. The minimum atomic E-state index is -0.912. The van der Waals surface area contributed by atoms with Crippen LogP contribution in [0.4, 0.5) is 4.79 Å². The van der Waals surface area contributed by atoms with Crippen LogP contribution in [0, 0.1) is 0 Å². The van der Waals surface area contributed by atoms with Crippen molar-refractivity contribution in [1.29, 1.82) is 0 Å². The second kappa shape index (κ2) is 7.39. The van der Waals surface area contributed by atoms with Crippen LogP contribution in [-0.2, 0) is 4.79 Å². The first-order chi connectivity index (χ1) is 6.42. The van der Waals surface area contributed by atoms with Crippen molar-refractivity contribution >= 4 is 32.3 Å². The zero-order valence-electron chi connectivity index (χ0n) is 9.08. The van der Waals surface area contributed by atoms with E-state index in [1.54, 1.807) is 7.85 Å². The number of hydrogen-bond acceptors (Lipinski definition) is 2. The van der Waals surface area contributed by atoms with Gasteiger partial charge in [-0.05, 0) is 6.42 Å². The molecule has 0 aromatic heterocycles. The molecule has 1 atom stereocenters. The number of aliphatic carboxylic acids is 1. The van der Waals surface area contributed by atoms with E-state index in [2.05, 4.69) is 5.32 Å². The third-order valence-electron chi connectivity index (χ3n) is 2.25. The first kappa shape index (κ1) is 16.5. The van der Waals surface area contributed by atoms with Crippen molar-refractivity contribution in [2.24, 2.45) is 5.73 Å². The van der Waals surface area contributed by atoms with Crippen LogP contribution in [-0.4, -0.2) is 31.5 Å². The summed E-state index contributed by atoms with van der Waals surface area (Å²) in [4.78, 5) is 21.4. The smallest absolute Gasteiger partial charge is 0.312 e. The third kappa shape index (κ3) is 6.22. The Hall–Kier alpha value is -0.905. The van der Waals surface area contributed by atoms with Gasteiger partial charge in [-0.25, -0.2) is 4.79 Å². The molecule has 0 spiro atoms. The van der Waals surface area contributed by atoms with E-state index in [4.69, 9.17) is 10.8 Å². The Balaban J connectivity index is 0. The fraction of sp³-hybridized carbons (Fsp3) is 0.750. The van der Waals surface area contributed by atoms with Crippen LogP contribution in [0.15, 0.2) is 0 Å². The standard InChI is InChI=1S/C8H17BN2O3.ClH/c1-2-3-4-8(9,6(12)13)5-11-7(10)14;/h2-5,9H2,1H3,(H,12,13)(H3,10,11,14);1H. The zero-order chi connectivity index (χ0) is 11.2. The van der Waals surface area contributed by atoms with Crippen molar-refractivity contribution in [2.45, 2.75) is 31.5 Å². The van der Waals surface area contributed by atoms with Gasteiger partial charge in [0.1, 0.15) is 7.85 Å². The quantitative estimate of drug-likeness (QED) is 0.573. The van der Waals surface area contributed by atoms with Gasteiger partial charge in [0.25, 0.3) is 0 Å². The molecule has 0 aromatic rings. The number of carbonyl (C=O) groups excluding carboxylic acids is 1. The van der Waals surface area contributed by atoms with Gasteiger partial charge in [0, 0.05) is 6.54 Å². The Labute approximate surface area is 96.6 Å². The Morgan fingerprint density at radius 2 is 2.07 bits per heavy atom. The van der Waals surface area contributed by atoms with Gasteiger partial charge in [-0.3, -0.25) is 4.79 Å². The number of urea groups is 1. The van der Waals surface area contributed by atoms with Gasteiger partial charge < -0.3 is 16.2 Å². The summed E-state index contributed by atoms with van der Waals surface area (Å²) in [7, 11) is 1.61. The number of primary amides is 1. The number of nitrogens with one attached hydrogen (secondary N) is 1. The maximum atomic E-state index is 10.9.